The van der Waals surface area contributed by atoms with Crippen LogP contribution in [0.1, 0.15) is 10.5 Å². The van der Waals surface area contributed by atoms with Crippen molar-refractivity contribution >= 4 is 27.5 Å². The molecule has 2 aromatic rings. The van der Waals surface area contributed by atoms with Crippen molar-refractivity contribution in [1.29, 1.82) is 0 Å². The van der Waals surface area contributed by atoms with Crippen molar-refractivity contribution in [3.8, 4) is 11.5 Å². The number of nitrogen functional groups attached to an aromatic ring is 1. The Kier molecular flexibility index (Phi) is 3.66. The van der Waals surface area contributed by atoms with Crippen LogP contribution >= 0.6 is 15.9 Å². The summed E-state index contributed by atoms with van der Waals surface area (Å²) in [5.74, 6) is -0.756. The summed E-state index contributed by atoms with van der Waals surface area (Å²) >= 11 is 3.01. The molecule has 1 aromatic carbocycles. The Bertz CT molecular complexity index is 649. The van der Waals surface area contributed by atoms with E-state index < -0.39 is 11.7 Å². The molecule has 7 heteroatoms. The van der Waals surface area contributed by atoms with Gasteiger partial charge in [-0.1, -0.05) is 0 Å². The average molecular weight is 326 g/mol. The van der Waals surface area contributed by atoms with E-state index in [-0.39, 0.29) is 27.4 Å². The molecule has 5 nitrogen and oxygen atoms in total. The fourth-order valence-electron chi connectivity index (χ4n) is 1.37. The topological polar surface area (TPSA) is 91.2 Å². The first-order valence-corrected chi connectivity index (χ1v) is 5.95. The third-order valence-corrected chi connectivity index (χ3v) is 2.87. The first-order chi connectivity index (χ1) is 8.97. The number of nitrogens with two attached hydrogens (primary N) is 2. The minimum atomic E-state index is -0.680. The monoisotopic (exact) mass is 325 g/mol. The largest absolute Gasteiger partial charge is 0.455 e. The second-order valence-electron chi connectivity index (χ2n) is 3.65. The number of rotatable bonds is 3. The molecule has 1 amide bonds. The second kappa shape index (κ2) is 5.23. The first-order valence-electron chi connectivity index (χ1n) is 5.15. The van der Waals surface area contributed by atoms with E-state index in [9.17, 15) is 9.18 Å². The molecular weight excluding hydrogens is 317 g/mol. The van der Waals surface area contributed by atoms with E-state index >= 15 is 0 Å². The zero-order valence-electron chi connectivity index (χ0n) is 9.56. The summed E-state index contributed by atoms with van der Waals surface area (Å²) in [4.78, 5) is 14.8. The molecule has 1 aromatic heterocycles. The van der Waals surface area contributed by atoms with Gasteiger partial charge in [-0.05, 0) is 28.1 Å². The predicted molar refractivity (Wildman–Crippen MR) is 71.3 cm³/mol. The van der Waals surface area contributed by atoms with Gasteiger partial charge in [0.15, 0.2) is 5.75 Å². The third-order valence-electron chi connectivity index (χ3n) is 2.26. The van der Waals surface area contributed by atoms with Gasteiger partial charge in [-0.2, -0.15) is 0 Å². The third kappa shape index (κ3) is 3.00. The Morgan fingerprint density at radius 2 is 2.11 bits per heavy atom. The standard InChI is InChI=1S/C12H9BrFN3O2/c13-7-4-9(15)11(5-8(7)14)19-6-1-2-17-10(3-6)12(16)18/h1-5H,15H2,(H2,16,18). The van der Waals surface area contributed by atoms with E-state index in [2.05, 4.69) is 20.9 Å². The van der Waals surface area contributed by atoms with E-state index in [4.69, 9.17) is 16.2 Å². The zero-order chi connectivity index (χ0) is 14.0. The van der Waals surface area contributed by atoms with E-state index in [0.29, 0.717) is 0 Å². The Morgan fingerprint density at radius 1 is 1.37 bits per heavy atom. The average Bonchev–Trinajstić information content (AvgIpc) is 2.36. The van der Waals surface area contributed by atoms with Gasteiger partial charge in [-0.25, -0.2) is 4.39 Å². The van der Waals surface area contributed by atoms with Crippen LogP contribution in [0.25, 0.3) is 0 Å². The molecule has 0 saturated heterocycles. The minimum absolute atomic E-state index is 0.0497. The molecule has 19 heavy (non-hydrogen) atoms. The number of anilines is 1. The molecule has 0 aliphatic rings. The maximum atomic E-state index is 13.4. The van der Waals surface area contributed by atoms with Gasteiger partial charge in [0.05, 0.1) is 10.2 Å². The SMILES string of the molecule is NC(=O)c1cc(Oc2cc(F)c(Br)cc2N)ccn1. The van der Waals surface area contributed by atoms with Gasteiger partial charge in [0.1, 0.15) is 17.3 Å². The lowest BCUT2D eigenvalue weighted by atomic mass is 10.3. The highest BCUT2D eigenvalue weighted by Crippen LogP contribution is 2.31. The van der Waals surface area contributed by atoms with Crippen LogP contribution in [0.3, 0.4) is 0 Å². The Labute approximate surface area is 116 Å². The Morgan fingerprint density at radius 3 is 2.79 bits per heavy atom. The summed E-state index contributed by atoms with van der Waals surface area (Å²) in [5.41, 5.74) is 11.1. The molecule has 0 aliphatic heterocycles. The molecule has 0 atom stereocenters. The van der Waals surface area contributed by atoms with Crippen LogP contribution in [0, 0.1) is 5.82 Å². The zero-order valence-corrected chi connectivity index (χ0v) is 11.1. The van der Waals surface area contributed by atoms with Crippen molar-refractivity contribution < 1.29 is 13.9 Å². The van der Waals surface area contributed by atoms with Gasteiger partial charge in [0.2, 0.25) is 0 Å². The lowest BCUT2D eigenvalue weighted by molar-refractivity contribution is 0.0995. The number of primary amides is 1. The van der Waals surface area contributed by atoms with Crippen LogP contribution in [-0.4, -0.2) is 10.9 Å². The van der Waals surface area contributed by atoms with Crippen molar-refractivity contribution in [3.63, 3.8) is 0 Å². The lowest BCUT2D eigenvalue weighted by Gasteiger charge is -2.09. The molecule has 0 spiro atoms. The molecule has 0 radical (unpaired) electrons. The van der Waals surface area contributed by atoms with Gasteiger partial charge in [0.25, 0.3) is 5.91 Å². The van der Waals surface area contributed by atoms with E-state index in [1.165, 1.54) is 24.4 Å². The fourth-order valence-corrected chi connectivity index (χ4v) is 1.73. The van der Waals surface area contributed by atoms with Crippen LogP contribution in [0.5, 0.6) is 11.5 Å². The molecule has 0 saturated carbocycles. The van der Waals surface area contributed by atoms with Gasteiger partial charge in [-0.15, -0.1) is 0 Å². The molecule has 4 N–H and O–H groups in total. The fraction of sp³-hybridized carbons (Fsp3) is 0. The number of ether oxygens (including phenoxy) is 1. The number of benzene rings is 1. The van der Waals surface area contributed by atoms with Crippen LogP contribution in [0.15, 0.2) is 34.9 Å². The van der Waals surface area contributed by atoms with Gasteiger partial charge < -0.3 is 16.2 Å². The summed E-state index contributed by atoms with van der Waals surface area (Å²) in [5, 5.41) is 0. The smallest absolute Gasteiger partial charge is 0.267 e. The van der Waals surface area contributed by atoms with Gasteiger partial charge >= 0.3 is 0 Å². The summed E-state index contributed by atoms with van der Waals surface area (Å²) in [6, 6.07) is 5.39. The number of carbonyl (C=O) groups is 1. The van der Waals surface area contributed by atoms with Crippen molar-refractivity contribution in [3.05, 3.63) is 46.4 Å². The maximum Gasteiger partial charge on any atom is 0.267 e. The normalized spacial score (nSPS) is 10.2. The van der Waals surface area contributed by atoms with Gasteiger partial charge in [0, 0.05) is 18.3 Å². The van der Waals surface area contributed by atoms with E-state index in [1.54, 1.807) is 0 Å². The molecular formula is C12H9BrFN3O2. The van der Waals surface area contributed by atoms with Crippen molar-refractivity contribution in [2.45, 2.75) is 0 Å². The maximum absolute atomic E-state index is 13.4. The molecule has 2 rings (SSSR count). The van der Waals surface area contributed by atoms with Crippen LogP contribution in [-0.2, 0) is 0 Å². The first kappa shape index (κ1) is 13.3. The Balaban J connectivity index is 2.33. The highest BCUT2D eigenvalue weighted by atomic mass is 79.9. The second-order valence-corrected chi connectivity index (χ2v) is 4.50. The van der Waals surface area contributed by atoms with Gasteiger partial charge in [-0.3, -0.25) is 9.78 Å². The summed E-state index contributed by atoms with van der Waals surface area (Å²) in [7, 11) is 0. The molecule has 0 bridgehead atoms. The van der Waals surface area contributed by atoms with Crippen LogP contribution in [0.4, 0.5) is 10.1 Å². The molecule has 1 heterocycles. The summed E-state index contributed by atoms with van der Waals surface area (Å²) in [6.07, 6.45) is 1.36. The van der Waals surface area contributed by atoms with Crippen LogP contribution < -0.4 is 16.2 Å². The molecule has 0 fully saturated rings. The number of pyridine rings is 1. The highest BCUT2D eigenvalue weighted by molar-refractivity contribution is 9.10. The molecule has 0 unspecified atom stereocenters. The van der Waals surface area contributed by atoms with E-state index in [0.717, 1.165) is 6.07 Å². The number of aromatic nitrogens is 1. The van der Waals surface area contributed by atoms with Crippen LogP contribution in [0.2, 0.25) is 0 Å². The lowest BCUT2D eigenvalue weighted by Crippen LogP contribution is -2.12. The number of hydrogen-bond donors (Lipinski definition) is 2. The molecule has 98 valence electrons. The Hall–Kier alpha value is -2.15. The van der Waals surface area contributed by atoms with Crippen molar-refractivity contribution in [2.24, 2.45) is 5.73 Å². The van der Waals surface area contributed by atoms with E-state index in [1.807, 2.05) is 0 Å². The summed E-state index contributed by atoms with van der Waals surface area (Å²) in [6.45, 7) is 0. The number of halogens is 2. The minimum Gasteiger partial charge on any atom is -0.455 e. The quantitative estimate of drug-likeness (QED) is 0.848. The molecule has 0 aliphatic carbocycles. The number of hydrogen-bond acceptors (Lipinski definition) is 4. The summed E-state index contributed by atoms with van der Waals surface area (Å²) < 4.78 is 19.0. The highest BCUT2D eigenvalue weighted by Gasteiger charge is 2.10. The van der Waals surface area contributed by atoms with Crippen molar-refractivity contribution in [2.75, 3.05) is 5.73 Å². The number of carbonyl (C=O) groups excluding carboxylic acids is 1. The van der Waals surface area contributed by atoms with Crippen molar-refractivity contribution in [1.82, 2.24) is 4.98 Å². The number of nitrogens with zero attached hydrogens (tertiary/aromatic N) is 1. The predicted octanol–water partition coefficient (Wildman–Crippen LogP) is 2.46. The number of amides is 1.